The topological polar surface area (TPSA) is 70.6 Å². The number of urea groups is 1. The number of hydrogen-bond donors (Lipinski definition) is 3. The van der Waals surface area contributed by atoms with Crippen molar-refractivity contribution in [3.05, 3.63) is 24.0 Å². The number of aliphatic hydroxyl groups is 1. The summed E-state index contributed by atoms with van der Waals surface area (Å²) in [6, 6.07) is 2.53. The molecule has 0 saturated carbocycles. The van der Waals surface area contributed by atoms with E-state index in [2.05, 4.69) is 10.6 Å². The van der Waals surface area contributed by atoms with E-state index in [4.69, 9.17) is 4.74 Å². The summed E-state index contributed by atoms with van der Waals surface area (Å²) in [5.74, 6) is -0.586. The van der Waals surface area contributed by atoms with Crippen LogP contribution in [0.15, 0.2) is 18.2 Å². The number of amides is 2. The van der Waals surface area contributed by atoms with Crippen LogP contribution in [0.4, 0.5) is 23.7 Å². The summed E-state index contributed by atoms with van der Waals surface area (Å²) in [6.07, 6.45) is -2.88. The molecule has 1 atom stereocenters. The summed E-state index contributed by atoms with van der Waals surface area (Å²) in [5.41, 5.74) is 0.0582. The number of anilines is 1. The molecule has 1 unspecified atom stereocenters. The lowest BCUT2D eigenvalue weighted by molar-refractivity contribution is 0.0821. The van der Waals surface area contributed by atoms with Crippen LogP contribution in [0.25, 0.3) is 0 Å². The lowest BCUT2D eigenvalue weighted by atomic mass is 10.1. The van der Waals surface area contributed by atoms with E-state index in [1.165, 1.54) is 6.07 Å². The van der Waals surface area contributed by atoms with Crippen molar-refractivity contribution < 1.29 is 27.8 Å². The normalized spacial score (nSPS) is 12.3. The van der Waals surface area contributed by atoms with E-state index >= 15 is 0 Å². The molecule has 0 radical (unpaired) electrons. The Morgan fingerprint density at radius 3 is 2.65 bits per heavy atom. The van der Waals surface area contributed by atoms with Crippen molar-refractivity contribution in [3.63, 3.8) is 0 Å². The Bertz CT molecular complexity index is 513. The molecular weight excluding hydrogens is 313 g/mol. The highest BCUT2D eigenvalue weighted by atomic mass is 19.3. The highest BCUT2D eigenvalue weighted by molar-refractivity contribution is 5.90. The number of alkyl halides is 2. The molecule has 0 aromatic heterocycles. The number of ether oxygens (including phenoxy) is 1. The molecule has 0 fully saturated rings. The van der Waals surface area contributed by atoms with Gasteiger partial charge in [-0.1, -0.05) is 13.8 Å². The second kappa shape index (κ2) is 9.24. The van der Waals surface area contributed by atoms with E-state index in [0.717, 1.165) is 12.1 Å². The van der Waals surface area contributed by atoms with E-state index in [0.29, 0.717) is 6.42 Å². The summed E-state index contributed by atoms with van der Waals surface area (Å²) in [5, 5.41) is 14.5. The second-order valence-corrected chi connectivity index (χ2v) is 5.46. The molecule has 1 aromatic carbocycles. The molecule has 0 aliphatic carbocycles. The number of hydrogen-bond acceptors (Lipinski definition) is 3. The van der Waals surface area contributed by atoms with Gasteiger partial charge in [0.15, 0.2) is 0 Å². The number of benzene rings is 1. The highest BCUT2D eigenvalue weighted by Crippen LogP contribution is 2.25. The van der Waals surface area contributed by atoms with Gasteiger partial charge < -0.3 is 20.5 Å². The zero-order valence-corrected chi connectivity index (χ0v) is 13.0. The summed E-state index contributed by atoms with van der Waals surface area (Å²) >= 11 is 0. The standard InChI is InChI=1S/C15H21F3N2O3/c1-9(2)5-11(21)7-19-15(22)20-12-4-3-10(16)6-13(12)23-8-14(17)18/h3-4,6,9,11,14,21H,5,7-8H2,1-2H3,(H2,19,20,22). The van der Waals surface area contributed by atoms with Crippen LogP contribution in [0.3, 0.4) is 0 Å². The number of rotatable bonds is 8. The van der Waals surface area contributed by atoms with Crippen LogP contribution in [0.1, 0.15) is 20.3 Å². The van der Waals surface area contributed by atoms with Gasteiger partial charge in [-0.05, 0) is 24.5 Å². The van der Waals surface area contributed by atoms with Crippen molar-refractivity contribution in [2.24, 2.45) is 5.92 Å². The largest absolute Gasteiger partial charge is 0.485 e. The number of halogens is 3. The van der Waals surface area contributed by atoms with Gasteiger partial charge in [-0.2, -0.15) is 0 Å². The highest BCUT2D eigenvalue weighted by Gasteiger charge is 2.13. The lowest BCUT2D eigenvalue weighted by Gasteiger charge is -2.16. The molecule has 8 heteroatoms. The third-order valence-corrected chi connectivity index (χ3v) is 2.80. The van der Waals surface area contributed by atoms with Crippen molar-refractivity contribution in [3.8, 4) is 5.75 Å². The molecule has 0 saturated heterocycles. The first-order chi connectivity index (χ1) is 10.8. The molecule has 1 aromatic rings. The van der Waals surface area contributed by atoms with Crippen LogP contribution in [-0.4, -0.2) is 36.8 Å². The average Bonchev–Trinajstić information content (AvgIpc) is 2.44. The van der Waals surface area contributed by atoms with Crippen LogP contribution in [-0.2, 0) is 0 Å². The maximum absolute atomic E-state index is 13.2. The minimum atomic E-state index is -2.72. The molecule has 5 nitrogen and oxygen atoms in total. The van der Waals surface area contributed by atoms with E-state index in [1.54, 1.807) is 0 Å². The third-order valence-electron chi connectivity index (χ3n) is 2.80. The Morgan fingerprint density at radius 1 is 1.35 bits per heavy atom. The van der Waals surface area contributed by atoms with Crippen molar-refractivity contribution in [1.29, 1.82) is 0 Å². The van der Waals surface area contributed by atoms with Gasteiger partial charge >= 0.3 is 6.03 Å². The van der Waals surface area contributed by atoms with Gasteiger partial charge in [0.2, 0.25) is 0 Å². The molecule has 23 heavy (non-hydrogen) atoms. The Kier molecular flexibility index (Phi) is 7.67. The molecule has 130 valence electrons. The van der Waals surface area contributed by atoms with Gasteiger partial charge in [0.1, 0.15) is 18.2 Å². The van der Waals surface area contributed by atoms with Crippen LogP contribution in [0.5, 0.6) is 5.75 Å². The van der Waals surface area contributed by atoms with Gasteiger partial charge in [0.05, 0.1) is 11.8 Å². The van der Waals surface area contributed by atoms with Gasteiger partial charge in [0.25, 0.3) is 6.43 Å². The van der Waals surface area contributed by atoms with Gasteiger partial charge in [-0.15, -0.1) is 0 Å². The molecule has 1 rings (SSSR count). The lowest BCUT2D eigenvalue weighted by Crippen LogP contribution is -2.35. The number of nitrogens with one attached hydrogen (secondary N) is 2. The predicted octanol–water partition coefficient (Wildman–Crippen LogP) is 3.00. The quantitative estimate of drug-likeness (QED) is 0.684. The molecule has 0 heterocycles. The molecule has 0 aliphatic heterocycles. The predicted molar refractivity (Wildman–Crippen MR) is 80.4 cm³/mol. The minimum absolute atomic E-state index is 0.0401. The molecule has 0 aliphatic rings. The van der Waals surface area contributed by atoms with Gasteiger partial charge in [-0.25, -0.2) is 18.0 Å². The first kappa shape index (κ1) is 19.1. The SMILES string of the molecule is CC(C)CC(O)CNC(=O)Nc1ccc(F)cc1OCC(F)F. The molecule has 0 spiro atoms. The number of carbonyl (C=O) groups excluding carboxylic acids is 1. The summed E-state index contributed by atoms with van der Waals surface area (Å²) in [6.45, 7) is 3.01. The van der Waals surface area contributed by atoms with Crippen LogP contribution < -0.4 is 15.4 Å². The molecular formula is C15H21F3N2O3. The van der Waals surface area contributed by atoms with Crippen LogP contribution in [0.2, 0.25) is 0 Å². The van der Waals surface area contributed by atoms with Crippen molar-refractivity contribution >= 4 is 11.7 Å². The van der Waals surface area contributed by atoms with Crippen molar-refractivity contribution in [1.82, 2.24) is 5.32 Å². The van der Waals surface area contributed by atoms with Crippen LogP contribution >= 0.6 is 0 Å². The average molecular weight is 334 g/mol. The molecule has 3 N–H and O–H groups in total. The maximum atomic E-state index is 13.2. The fourth-order valence-electron chi connectivity index (χ4n) is 1.88. The number of aliphatic hydroxyl groups excluding tert-OH is 1. The van der Waals surface area contributed by atoms with Gasteiger partial charge in [-0.3, -0.25) is 0 Å². The maximum Gasteiger partial charge on any atom is 0.319 e. The van der Waals surface area contributed by atoms with E-state index in [9.17, 15) is 23.1 Å². The Labute approximate surface area is 132 Å². The van der Waals surface area contributed by atoms with E-state index < -0.39 is 31.0 Å². The summed E-state index contributed by atoms with van der Waals surface area (Å²) in [7, 11) is 0. The second-order valence-electron chi connectivity index (χ2n) is 5.46. The van der Waals surface area contributed by atoms with Crippen LogP contribution in [0, 0.1) is 11.7 Å². The fourth-order valence-corrected chi connectivity index (χ4v) is 1.88. The zero-order valence-electron chi connectivity index (χ0n) is 13.0. The minimum Gasteiger partial charge on any atom is -0.485 e. The van der Waals surface area contributed by atoms with Gasteiger partial charge in [0, 0.05) is 12.6 Å². The smallest absolute Gasteiger partial charge is 0.319 e. The first-order valence-electron chi connectivity index (χ1n) is 7.21. The zero-order chi connectivity index (χ0) is 17.4. The summed E-state index contributed by atoms with van der Waals surface area (Å²) in [4.78, 5) is 11.7. The Balaban J connectivity index is 2.59. The molecule has 2 amide bonds. The van der Waals surface area contributed by atoms with Crippen molar-refractivity contribution in [2.45, 2.75) is 32.8 Å². The third kappa shape index (κ3) is 7.73. The van der Waals surface area contributed by atoms with E-state index in [1.807, 2.05) is 13.8 Å². The van der Waals surface area contributed by atoms with E-state index in [-0.39, 0.29) is 23.9 Å². The Hall–Kier alpha value is -1.96. The number of carbonyl (C=O) groups is 1. The Morgan fingerprint density at radius 2 is 2.04 bits per heavy atom. The van der Waals surface area contributed by atoms with Crippen molar-refractivity contribution in [2.75, 3.05) is 18.5 Å². The first-order valence-corrected chi connectivity index (χ1v) is 7.21. The fraction of sp³-hybridized carbons (Fsp3) is 0.533. The summed E-state index contributed by atoms with van der Waals surface area (Å²) < 4.78 is 42.3. The monoisotopic (exact) mass is 334 g/mol. The molecule has 0 bridgehead atoms.